The van der Waals surface area contributed by atoms with E-state index in [-0.39, 0.29) is 33.7 Å². The molecule has 21 heavy (non-hydrogen) atoms. The van der Waals surface area contributed by atoms with Crippen molar-refractivity contribution in [3.8, 4) is 6.07 Å². The Morgan fingerprint density at radius 3 is 2.76 bits per heavy atom. The molecule has 2 aromatic rings. The van der Waals surface area contributed by atoms with E-state index in [0.29, 0.717) is 0 Å². The summed E-state index contributed by atoms with van der Waals surface area (Å²) in [4.78, 5) is -0.00773. The fourth-order valence-electron chi connectivity index (χ4n) is 1.37. The van der Waals surface area contributed by atoms with Gasteiger partial charge in [0.25, 0.3) is 0 Å². The van der Waals surface area contributed by atoms with Gasteiger partial charge in [-0.25, -0.2) is 0 Å². The molecule has 0 saturated heterocycles. The molecule has 0 aliphatic heterocycles. The molecular formula is C11H7F3N6S. The Labute approximate surface area is 121 Å². The summed E-state index contributed by atoms with van der Waals surface area (Å²) >= 11 is -0.240. The number of nitrogens with zero attached hydrogens (tertiary/aromatic N) is 4. The van der Waals surface area contributed by atoms with E-state index in [1.165, 1.54) is 24.4 Å². The molecule has 2 rings (SSSR count). The van der Waals surface area contributed by atoms with Gasteiger partial charge in [0.2, 0.25) is 5.82 Å². The smallest absolute Gasteiger partial charge is 0.359 e. The maximum atomic E-state index is 12.4. The van der Waals surface area contributed by atoms with E-state index in [1.54, 1.807) is 6.07 Å². The summed E-state index contributed by atoms with van der Waals surface area (Å²) in [5.41, 5.74) is -4.14. The third kappa shape index (κ3) is 4.22. The fourth-order valence-corrected chi connectivity index (χ4v) is 2.01. The number of hydrogen-bond donors (Lipinski definition) is 2. The highest BCUT2D eigenvalue weighted by atomic mass is 32.2. The lowest BCUT2D eigenvalue weighted by Crippen LogP contribution is -2.01. The molecule has 0 aliphatic carbocycles. The number of thioether (sulfide) groups is 1. The highest BCUT2D eigenvalue weighted by molar-refractivity contribution is 8.00. The molecule has 0 spiro atoms. The zero-order valence-corrected chi connectivity index (χ0v) is 11.0. The number of para-hydroxylation sites is 1. The van der Waals surface area contributed by atoms with Crippen LogP contribution in [-0.4, -0.2) is 26.1 Å². The van der Waals surface area contributed by atoms with Crippen LogP contribution in [0.25, 0.3) is 5.57 Å². The summed E-state index contributed by atoms with van der Waals surface area (Å²) in [5, 5.41) is 24.3. The molecule has 0 radical (unpaired) electrons. The second-order valence-corrected chi connectivity index (χ2v) is 4.70. The summed E-state index contributed by atoms with van der Waals surface area (Å²) < 4.78 is 37.3. The number of nitrogens with one attached hydrogen (secondary N) is 2. The van der Waals surface area contributed by atoms with Gasteiger partial charge in [0.15, 0.2) is 0 Å². The minimum Gasteiger partial charge on any atom is -0.359 e. The lowest BCUT2D eigenvalue weighted by Gasteiger charge is -2.10. The van der Waals surface area contributed by atoms with Gasteiger partial charge in [0.1, 0.15) is 11.6 Å². The Hall–Kier alpha value is -2.54. The molecule has 6 nitrogen and oxygen atoms in total. The van der Waals surface area contributed by atoms with Crippen LogP contribution in [0.3, 0.4) is 0 Å². The van der Waals surface area contributed by atoms with E-state index in [9.17, 15) is 13.2 Å². The van der Waals surface area contributed by atoms with Crippen LogP contribution in [0.1, 0.15) is 5.82 Å². The predicted molar refractivity (Wildman–Crippen MR) is 69.7 cm³/mol. The molecule has 0 atom stereocenters. The summed E-state index contributed by atoms with van der Waals surface area (Å²) in [6, 6.07) is 7.70. The fraction of sp³-hybridized carbons (Fsp3) is 0.0909. The van der Waals surface area contributed by atoms with Crippen LogP contribution >= 0.6 is 11.8 Å². The average Bonchev–Trinajstić information content (AvgIpc) is 2.93. The van der Waals surface area contributed by atoms with Crippen molar-refractivity contribution in [3.05, 3.63) is 36.3 Å². The first-order valence-corrected chi connectivity index (χ1v) is 6.26. The zero-order chi connectivity index (χ0) is 15.3. The number of anilines is 1. The predicted octanol–water partition coefficient (Wildman–Crippen LogP) is 2.79. The largest absolute Gasteiger partial charge is 0.446 e. The maximum Gasteiger partial charge on any atom is 0.446 e. The molecule has 0 fully saturated rings. The van der Waals surface area contributed by atoms with E-state index in [1.807, 2.05) is 6.07 Å². The van der Waals surface area contributed by atoms with Gasteiger partial charge in [0, 0.05) is 11.1 Å². The first-order chi connectivity index (χ1) is 9.99. The van der Waals surface area contributed by atoms with Crippen LogP contribution < -0.4 is 5.32 Å². The number of allylic oxidation sites excluding steroid dienone is 1. The number of rotatable bonds is 4. The second kappa shape index (κ2) is 6.27. The lowest BCUT2D eigenvalue weighted by atomic mass is 10.3. The molecular weight excluding hydrogens is 305 g/mol. The minimum absolute atomic E-state index is 0.00773. The Morgan fingerprint density at radius 1 is 1.38 bits per heavy atom. The Kier molecular flexibility index (Phi) is 4.44. The van der Waals surface area contributed by atoms with Crippen molar-refractivity contribution >= 4 is 23.0 Å². The molecule has 0 bridgehead atoms. The molecule has 0 unspecified atom stereocenters. The van der Waals surface area contributed by atoms with E-state index >= 15 is 0 Å². The van der Waals surface area contributed by atoms with E-state index < -0.39 is 5.51 Å². The number of nitriles is 1. The van der Waals surface area contributed by atoms with Crippen molar-refractivity contribution < 1.29 is 13.2 Å². The minimum atomic E-state index is -4.40. The Morgan fingerprint density at radius 2 is 2.14 bits per heavy atom. The first kappa shape index (κ1) is 14.9. The molecule has 1 aromatic carbocycles. The second-order valence-electron chi connectivity index (χ2n) is 3.59. The average molecular weight is 312 g/mol. The summed E-state index contributed by atoms with van der Waals surface area (Å²) in [6.45, 7) is 0. The SMILES string of the molecule is N#CC(=CNc1ccccc1SC(F)(F)F)c1nn[nH]n1. The third-order valence-electron chi connectivity index (χ3n) is 2.19. The summed E-state index contributed by atoms with van der Waals surface area (Å²) in [6.07, 6.45) is 1.22. The first-order valence-electron chi connectivity index (χ1n) is 5.45. The third-order valence-corrected chi connectivity index (χ3v) is 3.00. The number of alkyl halides is 3. The number of aromatic amines is 1. The summed E-state index contributed by atoms with van der Waals surface area (Å²) in [7, 11) is 0. The molecule has 1 aromatic heterocycles. The van der Waals surface area contributed by atoms with Gasteiger partial charge in [-0.2, -0.15) is 23.6 Å². The molecule has 0 saturated carbocycles. The van der Waals surface area contributed by atoms with Gasteiger partial charge in [-0.3, -0.25) is 0 Å². The topological polar surface area (TPSA) is 90.3 Å². The van der Waals surface area contributed by atoms with Crippen molar-refractivity contribution in [1.29, 1.82) is 5.26 Å². The van der Waals surface area contributed by atoms with Gasteiger partial charge in [0.05, 0.1) is 5.69 Å². The Bertz CT molecular complexity index is 674. The van der Waals surface area contributed by atoms with Crippen molar-refractivity contribution in [1.82, 2.24) is 20.6 Å². The molecule has 0 amide bonds. The van der Waals surface area contributed by atoms with Crippen molar-refractivity contribution in [2.75, 3.05) is 5.32 Å². The molecule has 10 heteroatoms. The normalized spacial score (nSPS) is 12.0. The molecule has 2 N–H and O–H groups in total. The van der Waals surface area contributed by atoms with Gasteiger partial charge >= 0.3 is 5.51 Å². The molecule has 108 valence electrons. The van der Waals surface area contributed by atoms with Crippen LogP contribution in [0.4, 0.5) is 18.9 Å². The van der Waals surface area contributed by atoms with Gasteiger partial charge in [-0.1, -0.05) is 12.1 Å². The van der Waals surface area contributed by atoms with Crippen molar-refractivity contribution in [2.24, 2.45) is 0 Å². The molecule has 0 aliphatic rings. The zero-order valence-electron chi connectivity index (χ0n) is 10.2. The lowest BCUT2D eigenvalue weighted by molar-refractivity contribution is -0.0327. The maximum absolute atomic E-state index is 12.4. The van der Waals surface area contributed by atoms with Crippen LogP contribution in [-0.2, 0) is 0 Å². The van der Waals surface area contributed by atoms with Crippen LogP contribution in [0.2, 0.25) is 0 Å². The van der Waals surface area contributed by atoms with Crippen molar-refractivity contribution in [3.63, 3.8) is 0 Å². The number of aromatic nitrogens is 4. The number of halogens is 3. The van der Waals surface area contributed by atoms with E-state index in [4.69, 9.17) is 5.26 Å². The quantitative estimate of drug-likeness (QED) is 0.666. The van der Waals surface area contributed by atoms with Gasteiger partial charge in [-0.15, -0.1) is 10.2 Å². The van der Waals surface area contributed by atoms with Crippen LogP contribution in [0, 0.1) is 11.3 Å². The Balaban J connectivity index is 2.22. The number of tetrazole rings is 1. The highest BCUT2D eigenvalue weighted by Gasteiger charge is 2.30. The van der Waals surface area contributed by atoms with Crippen LogP contribution in [0.15, 0.2) is 35.4 Å². The van der Waals surface area contributed by atoms with E-state index in [0.717, 1.165) is 0 Å². The standard InChI is InChI=1S/C11H7F3N6S/c12-11(13,14)21-9-4-2-1-3-8(9)16-6-7(5-15)10-17-19-20-18-10/h1-4,6,16H,(H,17,18,19,20). The van der Waals surface area contributed by atoms with Gasteiger partial charge in [-0.05, 0) is 29.1 Å². The summed E-state index contributed by atoms with van der Waals surface area (Å²) in [5.74, 6) is 0.0472. The number of H-pyrrole nitrogens is 1. The molecule has 1 heterocycles. The monoisotopic (exact) mass is 312 g/mol. The van der Waals surface area contributed by atoms with E-state index in [2.05, 4.69) is 25.9 Å². The number of benzene rings is 1. The van der Waals surface area contributed by atoms with Crippen molar-refractivity contribution in [2.45, 2.75) is 10.4 Å². The van der Waals surface area contributed by atoms with Gasteiger partial charge < -0.3 is 5.32 Å². The van der Waals surface area contributed by atoms with Crippen LogP contribution in [0.5, 0.6) is 0 Å². The number of hydrogen-bond acceptors (Lipinski definition) is 6. The highest BCUT2D eigenvalue weighted by Crippen LogP contribution is 2.40.